The first-order chi connectivity index (χ1) is 4.75. The van der Waals surface area contributed by atoms with Gasteiger partial charge in [0.25, 0.3) is 0 Å². The van der Waals surface area contributed by atoms with E-state index in [1.807, 2.05) is 11.4 Å². The number of rotatable bonds is 2. The maximum Gasteiger partial charge on any atom is 0.109 e. The molecule has 0 saturated carbocycles. The number of halogens is 2. The fourth-order valence-electron chi connectivity index (χ4n) is 0.640. The zero-order valence-corrected chi connectivity index (χ0v) is 7.58. The van der Waals surface area contributed by atoms with E-state index in [0.717, 1.165) is 9.35 Å². The summed E-state index contributed by atoms with van der Waals surface area (Å²) in [6.07, 6.45) is 0. The van der Waals surface area contributed by atoms with E-state index in [-0.39, 0.29) is 0 Å². The Labute approximate surface area is 71.2 Å². The molecule has 1 heterocycles. The molecular weight excluding hydrogens is 217 g/mol. The van der Waals surface area contributed by atoms with Crippen molar-refractivity contribution in [1.82, 2.24) is 0 Å². The molecule has 4 heteroatoms. The van der Waals surface area contributed by atoms with Crippen LogP contribution in [0.5, 0.6) is 0 Å². The number of hydrogen-bond donors (Lipinski definition) is 1. The topological polar surface area (TPSA) is 26.0 Å². The maximum atomic E-state index is 12.0. The van der Waals surface area contributed by atoms with Crippen LogP contribution >= 0.6 is 27.3 Å². The van der Waals surface area contributed by atoms with Crippen molar-refractivity contribution in [3.05, 3.63) is 20.8 Å². The van der Waals surface area contributed by atoms with E-state index in [9.17, 15) is 4.39 Å². The molecule has 0 aliphatic rings. The Morgan fingerprint density at radius 3 is 2.90 bits per heavy atom. The highest BCUT2D eigenvalue weighted by Crippen LogP contribution is 2.27. The van der Waals surface area contributed by atoms with Crippen molar-refractivity contribution >= 4 is 27.3 Å². The van der Waals surface area contributed by atoms with Gasteiger partial charge in [-0.05, 0) is 27.4 Å². The molecule has 0 aliphatic heterocycles. The van der Waals surface area contributed by atoms with Crippen LogP contribution in [-0.2, 0) is 0 Å². The van der Waals surface area contributed by atoms with Gasteiger partial charge in [-0.2, -0.15) is 0 Å². The molecule has 0 aromatic carbocycles. The molecule has 1 unspecified atom stereocenters. The number of nitrogens with two attached hydrogens (primary N) is 1. The number of thiophene rings is 1. The fraction of sp³-hybridized carbons (Fsp3) is 0.333. The molecule has 0 fully saturated rings. The van der Waals surface area contributed by atoms with Gasteiger partial charge < -0.3 is 5.73 Å². The van der Waals surface area contributed by atoms with Gasteiger partial charge in [0.2, 0.25) is 0 Å². The second-order valence-corrected chi connectivity index (χ2v) is 3.70. The first-order valence-electron chi connectivity index (χ1n) is 2.80. The predicted molar refractivity (Wildman–Crippen MR) is 44.9 cm³/mol. The molecule has 0 saturated heterocycles. The van der Waals surface area contributed by atoms with Crippen molar-refractivity contribution in [3.63, 3.8) is 0 Å². The molecule has 0 bridgehead atoms. The Morgan fingerprint density at radius 2 is 2.50 bits per heavy atom. The highest BCUT2D eigenvalue weighted by atomic mass is 79.9. The van der Waals surface area contributed by atoms with Crippen molar-refractivity contribution in [1.29, 1.82) is 0 Å². The minimum absolute atomic E-state index is 0.464. The second kappa shape index (κ2) is 3.46. The van der Waals surface area contributed by atoms with Crippen LogP contribution in [-0.4, -0.2) is 6.67 Å². The molecule has 0 spiro atoms. The molecule has 2 N–H and O–H groups in total. The first-order valence-corrected chi connectivity index (χ1v) is 4.47. The quantitative estimate of drug-likeness (QED) is 0.820. The van der Waals surface area contributed by atoms with Gasteiger partial charge in [-0.3, -0.25) is 0 Å². The van der Waals surface area contributed by atoms with Crippen LogP contribution in [0, 0.1) is 0 Å². The average molecular weight is 224 g/mol. The number of alkyl halides is 1. The van der Waals surface area contributed by atoms with E-state index in [4.69, 9.17) is 5.73 Å². The lowest BCUT2D eigenvalue weighted by molar-refractivity contribution is 0.440. The monoisotopic (exact) mass is 223 g/mol. The molecule has 1 aromatic heterocycles. The lowest BCUT2D eigenvalue weighted by atomic mass is 10.3. The van der Waals surface area contributed by atoms with E-state index >= 15 is 0 Å². The van der Waals surface area contributed by atoms with Gasteiger partial charge in [-0.25, -0.2) is 4.39 Å². The van der Waals surface area contributed by atoms with E-state index in [0.29, 0.717) is 0 Å². The summed E-state index contributed by atoms with van der Waals surface area (Å²) >= 11 is 4.74. The molecule has 1 rings (SSSR count). The Hall–Kier alpha value is 0.0700. The normalized spacial score (nSPS) is 13.5. The van der Waals surface area contributed by atoms with E-state index in [1.54, 1.807) is 0 Å². The summed E-state index contributed by atoms with van der Waals surface area (Å²) in [5.41, 5.74) is 5.44. The van der Waals surface area contributed by atoms with Crippen molar-refractivity contribution in [2.24, 2.45) is 5.73 Å². The van der Waals surface area contributed by atoms with Gasteiger partial charge in [0.1, 0.15) is 6.67 Å². The third-order valence-electron chi connectivity index (χ3n) is 1.15. The Kier molecular flexibility index (Phi) is 2.82. The Balaban J connectivity index is 2.82. The van der Waals surface area contributed by atoms with Crippen molar-refractivity contribution in [2.45, 2.75) is 6.04 Å². The number of hydrogen-bond acceptors (Lipinski definition) is 2. The lowest BCUT2D eigenvalue weighted by Gasteiger charge is -2.02. The van der Waals surface area contributed by atoms with Gasteiger partial charge in [-0.1, -0.05) is 0 Å². The van der Waals surface area contributed by atoms with Crippen LogP contribution < -0.4 is 5.73 Å². The summed E-state index contributed by atoms with van der Waals surface area (Å²) in [6, 6.07) is 1.41. The fourth-order valence-corrected chi connectivity index (χ4v) is 2.29. The van der Waals surface area contributed by atoms with Crippen LogP contribution in [0.4, 0.5) is 4.39 Å². The molecular formula is C6H7BrFNS. The average Bonchev–Trinajstić information content (AvgIpc) is 2.34. The summed E-state index contributed by atoms with van der Waals surface area (Å²) in [5.74, 6) is 0. The van der Waals surface area contributed by atoms with Gasteiger partial charge in [-0.15, -0.1) is 11.3 Å². The minimum atomic E-state index is -0.501. The molecule has 0 amide bonds. The molecule has 1 atom stereocenters. The summed E-state index contributed by atoms with van der Waals surface area (Å²) in [7, 11) is 0. The largest absolute Gasteiger partial charge is 0.321 e. The van der Waals surface area contributed by atoms with Crippen LogP contribution in [0.2, 0.25) is 0 Å². The van der Waals surface area contributed by atoms with Crippen LogP contribution in [0.15, 0.2) is 15.9 Å². The lowest BCUT2D eigenvalue weighted by Crippen LogP contribution is -2.10. The predicted octanol–water partition coefficient (Wildman–Crippen LogP) is 2.48. The van der Waals surface area contributed by atoms with Crippen LogP contribution in [0.25, 0.3) is 0 Å². The first kappa shape index (κ1) is 8.17. The highest BCUT2D eigenvalue weighted by Gasteiger charge is 2.09. The molecule has 1 aromatic rings. The molecule has 0 aliphatic carbocycles. The van der Waals surface area contributed by atoms with E-state index in [2.05, 4.69) is 15.9 Å². The summed E-state index contributed by atoms with van der Waals surface area (Å²) in [6.45, 7) is -0.501. The highest BCUT2D eigenvalue weighted by molar-refractivity contribution is 9.10. The van der Waals surface area contributed by atoms with Crippen molar-refractivity contribution in [2.75, 3.05) is 6.67 Å². The standard InChI is InChI=1S/C6H7BrFNS/c7-4-1-2-10-6(4)5(9)3-8/h1-2,5H,3,9H2. The van der Waals surface area contributed by atoms with Gasteiger partial charge in [0.05, 0.1) is 6.04 Å². The third kappa shape index (κ3) is 1.56. The Bertz CT molecular complexity index is 213. The smallest absolute Gasteiger partial charge is 0.109 e. The third-order valence-corrected chi connectivity index (χ3v) is 3.15. The summed E-state index contributed by atoms with van der Waals surface area (Å²) in [4.78, 5) is 0.877. The van der Waals surface area contributed by atoms with Gasteiger partial charge in [0.15, 0.2) is 0 Å². The van der Waals surface area contributed by atoms with E-state index in [1.165, 1.54) is 11.3 Å². The van der Waals surface area contributed by atoms with Gasteiger partial charge >= 0.3 is 0 Å². The molecule has 56 valence electrons. The van der Waals surface area contributed by atoms with Crippen molar-refractivity contribution in [3.8, 4) is 0 Å². The molecule has 1 nitrogen and oxygen atoms in total. The SMILES string of the molecule is NC(CF)c1sccc1Br. The van der Waals surface area contributed by atoms with Crippen LogP contribution in [0.3, 0.4) is 0 Å². The van der Waals surface area contributed by atoms with Gasteiger partial charge in [0, 0.05) is 9.35 Å². The summed E-state index contributed by atoms with van der Waals surface area (Å²) < 4.78 is 12.9. The van der Waals surface area contributed by atoms with E-state index < -0.39 is 12.7 Å². The summed E-state index contributed by atoms with van der Waals surface area (Å²) in [5, 5.41) is 1.88. The zero-order chi connectivity index (χ0) is 7.56. The molecule has 0 radical (unpaired) electrons. The molecule has 10 heavy (non-hydrogen) atoms. The zero-order valence-electron chi connectivity index (χ0n) is 5.18. The maximum absolute atomic E-state index is 12.0. The van der Waals surface area contributed by atoms with Crippen molar-refractivity contribution < 1.29 is 4.39 Å². The van der Waals surface area contributed by atoms with Crippen LogP contribution in [0.1, 0.15) is 10.9 Å². The minimum Gasteiger partial charge on any atom is -0.321 e. The Morgan fingerprint density at radius 1 is 1.80 bits per heavy atom. The second-order valence-electron chi connectivity index (χ2n) is 1.89.